The SMILES string of the molecule is Cc1ccc(N(CCC#N)C(=O)C(C)Sc2nc(CN3CCOCC3)nc3ccccc23)cc1. The molecule has 7 nitrogen and oxygen atoms in total. The highest BCUT2D eigenvalue weighted by Crippen LogP contribution is 2.31. The van der Waals surface area contributed by atoms with Crippen molar-refractivity contribution in [1.29, 1.82) is 5.26 Å². The number of hydrogen-bond acceptors (Lipinski definition) is 7. The number of para-hydroxylation sites is 1. The van der Waals surface area contributed by atoms with Crippen LogP contribution in [-0.2, 0) is 16.1 Å². The van der Waals surface area contributed by atoms with E-state index >= 15 is 0 Å². The number of morpholine rings is 1. The van der Waals surface area contributed by atoms with Gasteiger partial charge >= 0.3 is 0 Å². The molecule has 1 atom stereocenters. The van der Waals surface area contributed by atoms with E-state index in [1.54, 1.807) is 4.90 Å². The number of thioether (sulfide) groups is 1. The Hall–Kier alpha value is -2.99. The molecule has 1 aromatic heterocycles. The summed E-state index contributed by atoms with van der Waals surface area (Å²) in [5, 5.41) is 10.5. The molecule has 0 saturated carbocycles. The molecule has 176 valence electrons. The van der Waals surface area contributed by atoms with Crippen molar-refractivity contribution in [3.63, 3.8) is 0 Å². The third-order valence-electron chi connectivity index (χ3n) is 5.78. The zero-order valence-electron chi connectivity index (χ0n) is 19.6. The van der Waals surface area contributed by atoms with Crippen molar-refractivity contribution in [1.82, 2.24) is 14.9 Å². The predicted octanol–water partition coefficient (Wildman–Crippen LogP) is 4.20. The minimum absolute atomic E-state index is 0.0403. The smallest absolute Gasteiger partial charge is 0.240 e. The van der Waals surface area contributed by atoms with Crippen LogP contribution in [-0.4, -0.2) is 58.9 Å². The minimum atomic E-state index is -0.380. The van der Waals surface area contributed by atoms with Gasteiger partial charge in [-0.15, -0.1) is 0 Å². The average Bonchev–Trinajstić information content (AvgIpc) is 2.85. The van der Waals surface area contributed by atoms with Crippen LogP contribution in [0.1, 0.15) is 24.7 Å². The van der Waals surface area contributed by atoms with Gasteiger partial charge in [-0.25, -0.2) is 9.97 Å². The Morgan fingerprint density at radius 1 is 1.18 bits per heavy atom. The van der Waals surface area contributed by atoms with Crippen LogP contribution in [0.25, 0.3) is 10.9 Å². The normalized spacial score (nSPS) is 15.1. The van der Waals surface area contributed by atoms with Gasteiger partial charge in [0.2, 0.25) is 5.91 Å². The summed E-state index contributed by atoms with van der Waals surface area (Å²) in [5.41, 5.74) is 2.81. The molecule has 1 fully saturated rings. The van der Waals surface area contributed by atoms with Crippen molar-refractivity contribution >= 4 is 34.3 Å². The van der Waals surface area contributed by atoms with E-state index < -0.39 is 0 Å². The van der Waals surface area contributed by atoms with Crippen LogP contribution in [0.4, 0.5) is 5.69 Å². The maximum atomic E-state index is 13.5. The second-order valence-electron chi connectivity index (χ2n) is 8.34. The van der Waals surface area contributed by atoms with Gasteiger partial charge in [0.05, 0.1) is 43.0 Å². The summed E-state index contributed by atoms with van der Waals surface area (Å²) in [5.74, 6) is 0.712. The standard InChI is InChI=1S/C26H29N5O2S/c1-19-8-10-21(11-9-19)31(13-5-12-27)26(32)20(2)34-25-22-6-3-4-7-23(22)28-24(29-25)18-30-14-16-33-17-15-30/h3-4,6-11,20H,5,13-18H2,1-2H3. The van der Waals surface area contributed by atoms with Crippen LogP contribution in [0.15, 0.2) is 53.6 Å². The molecule has 0 radical (unpaired) electrons. The molecule has 1 unspecified atom stereocenters. The summed E-state index contributed by atoms with van der Waals surface area (Å²) in [6.45, 7) is 8.09. The molecular formula is C26H29N5O2S. The van der Waals surface area contributed by atoms with Crippen molar-refractivity contribution in [2.45, 2.75) is 37.1 Å². The number of anilines is 1. The van der Waals surface area contributed by atoms with Crippen molar-refractivity contribution < 1.29 is 9.53 Å². The monoisotopic (exact) mass is 475 g/mol. The molecule has 8 heteroatoms. The molecule has 1 aliphatic heterocycles. The molecule has 1 aliphatic rings. The fraction of sp³-hybridized carbons (Fsp3) is 0.385. The predicted molar refractivity (Wildman–Crippen MR) is 135 cm³/mol. The first-order chi connectivity index (χ1) is 16.5. The number of nitriles is 1. The lowest BCUT2D eigenvalue weighted by Crippen LogP contribution is -2.37. The van der Waals surface area contributed by atoms with E-state index in [2.05, 4.69) is 11.0 Å². The van der Waals surface area contributed by atoms with E-state index in [1.165, 1.54) is 11.8 Å². The molecule has 1 saturated heterocycles. The van der Waals surface area contributed by atoms with Crippen LogP contribution in [0, 0.1) is 18.3 Å². The Labute approximate surface area is 204 Å². The lowest BCUT2D eigenvalue weighted by atomic mass is 10.2. The highest BCUT2D eigenvalue weighted by Gasteiger charge is 2.25. The molecule has 0 bridgehead atoms. The summed E-state index contributed by atoms with van der Waals surface area (Å²) >= 11 is 1.45. The Balaban J connectivity index is 1.58. The Morgan fingerprint density at radius 2 is 1.91 bits per heavy atom. The van der Waals surface area contributed by atoms with E-state index in [0.717, 1.165) is 59.3 Å². The quantitative estimate of drug-likeness (QED) is 0.357. The fourth-order valence-electron chi connectivity index (χ4n) is 3.90. The molecule has 2 heterocycles. The summed E-state index contributed by atoms with van der Waals surface area (Å²) in [7, 11) is 0. The number of aryl methyl sites for hydroxylation is 1. The van der Waals surface area contributed by atoms with Gasteiger partial charge in [0.25, 0.3) is 0 Å². The molecule has 0 spiro atoms. The first-order valence-corrected chi connectivity index (χ1v) is 12.4. The maximum Gasteiger partial charge on any atom is 0.240 e. The van der Waals surface area contributed by atoms with Crippen LogP contribution in [0.3, 0.4) is 0 Å². The third-order valence-corrected chi connectivity index (χ3v) is 6.87. The van der Waals surface area contributed by atoms with Gasteiger partial charge in [0.1, 0.15) is 10.9 Å². The molecule has 2 aromatic carbocycles. The van der Waals surface area contributed by atoms with E-state index in [9.17, 15) is 4.79 Å². The second kappa shape index (κ2) is 11.4. The molecular weight excluding hydrogens is 446 g/mol. The van der Waals surface area contributed by atoms with Gasteiger partial charge in [-0.05, 0) is 32.0 Å². The highest BCUT2D eigenvalue weighted by molar-refractivity contribution is 8.00. The molecule has 34 heavy (non-hydrogen) atoms. The van der Waals surface area contributed by atoms with Crippen LogP contribution in [0.2, 0.25) is 0 Å². The number of fused-ring (bicyclic) bond motifs is 1. The van der Waals surface area contributed by atoms with E-state index in [4.69, 9.17) is 20.0 Å². The highest BCUT2D eigenvalue weighted by atomic mass is 32.2. The second-order valence-corrected chi connectivity index (χ2v) is 9.67. The number of carbonyl (C=O) groups excluding carboxylic acids is 1. The van der Waals surface area contributed by atoms with Gasteiger partial charge < -0.3 is 9.64 Å². The summed E-state index contributed by atoms with van der Waals surface area (Å²) < 4.78 is 5.45. The van der Waals surface area contributed by atoms with Crippen LogP contribution < -0.4 is 4.90 Å². The largest absolute Gasteiger partial charge is 0.379 e. The number of nitrogens with zero attached hydrogens (tertiary/aromatic N) is 5. The number of hydrogen-bond donors (Lipinski definition) is 0. The van der Waals surface area contributed by atoms with Crippen LogP contribution in [0.5, 0.6) is 0 Å². The molecule has 0 N–H and O–H groups in total. The lowest BCUT2D eigenvalue weighted by molar-refractivity contribution is -0.117. The average molecular weight is 476 g/mol. The van der Waals surface area contributed by atoms with Crippen molar-refractivity contribution in [3.8, 4) is 6.07 Å². The first-order valence-electron chi connectivity index (χ1n) is 11.5. The number of carbonyl (C=O) groups is 1. The number of rotatable bonds is 8. The van der Waals surface area contributed by atoms with Crippen molar-refractivity contribution in [3.05, 3.63) is 59.9 Å². The summed E-state index contributed by atoms with van der Waals surface area (Å²) in [6.07, 6.45) is 0.275. The molecule has 0 aliphatic carbocycles. The number of aromatic nitrogens is 2. The number of amides is 1. The lowest BCUT2D eigenvalue weighted by Gasteiger charge is -2.26. The zero-order valence-corrected chi connectivity index (χ0v) is 20.4. The maximum absolute atomic E-state index is 13.5. The van der Waals surface area contributed by atoms with E-state index in [-0.39, 0.29) is 17.6 Å². The van der Waals surface area contributed by atoms with Crippen LogP contribution >= 0.6 is 11.8 Å². The first kappa shape index (κ1) is 24.1. The van der Waals surface area contributed by atoms with Gasteiger partial charge in [0.15, 0.2) is 0 Å². The molecule has 3 aromatic rings. The van der Waals surface area contributed by atoms with Crippen molar-refractivity contribution in [2.75, 3.05) is 37.7 Å². The van der Waals surface area contributed by atoms with E-state index in [0.29, 0.717) is 13.1 Å². The topological polar surface area (TPSA) is 82.4 Å². The third kappa shape index (κ3) is 5.92. The molecule has 1 amide bonds. The Kier molecular flexibility index (Phi) is 8.12. The summed E-state index contributed by atoms with van der Waals surface area (Å²) in [4.78, 5) is 27.1. The van der Waals surface area contributed by atoms with Gasteiger partial charge in [-0.3, -0.25) is 9.69 Å². The number of ether oxygens (including phenoxy) is 1. The van der Waals surface area contributed by atoms with Gasteiger partial charge in [-0.2, -0.15) is 5.26 Å². The minimum Gasteiger partial charge on any atom is -0.379 e. The molecule has 4 rings (SSSR count). The zero-order chi connectivity index (χ0) is 23.9. The summed E-state index contributed by atoms with van der Waals surface area (Å²) in [6, 6.07) is 17.9. The van der Waals surface area contributed by atoms with Gasteiger partial charge in [0, 0.05) is 30.7 Å². The fourth-order valence-corrected chi connectivity index (χ4v) is 4.92. The Morgan fingerprint density at radius 3 is 2.65 bits per heavy atom. The van der Waals surface area contributed by atoms with Crippen molar-refractivity contribution in [2.24, 2.45) is 0 Å². The Bertz CT molecular complexity index is 1170. The van der Waals surface area contributed by atoms with E-state index in [1.807, 2.05) is 62.4 Å². The van der Waals surface area contributed by atoms with Gasteiger partial charge in [-0.1, -0.05) is 47.7 Å². The number of benzene rings is 2.